The zero-order chi connectivity index (χ0) is 15.2. The van der Waals surface area contributed by atoms with Crippen molar-refractivity contribution in [2.45, 2.75) is 52.0 Å². The van der Waals surface area contributed by atoms with Gasteiger partial charge in [-0.1, -0.05) is 18.9 Å². The van der Waals surface area contributed by atoms with Crippen molar-refractivity contribution in [1.29, 1.82) is 0 Å². The third kappa shape index (κ3) is 4.88. The fraction of sp³-hybridized carbons (Fsp3) is 0.529. The van der Waals surface area contributed by atoms with Gasteiger partial charge in [-0.15, -0.1) is 0 Å². The van der Waals surface area contributed by atoms with E-state index < -0.39 is 0 Å². The van der Waals surface area contributed by atoms with Crippen molar-refractivity contribution in [2.24, 2.45) is 5.92 Å². The van der Waals surface area contributed by atoms with Crippen molar-refractivity contribution >= 4 is 17.5 Å². The van der Waals surface area contributed by atoms with Gasteiger partial charge in [0.1, 0.15) is 0 Å². The number of rotatable bonds is 5. The molecule has 0 heterocycles. The van der Waals surface area contributed by atoms with Crippen molar-refractivity contribution in [3.8, 4) is 0 Å². The Hall–Kier alpha value is -1.84. The van der Waals surface area contributed by atoms with E-state index in [1.54, 1.807) is 18.2 Å². The highest BCUT2D eigenvalue weighted by molar-refractivity contribution is 5.97. The predicted octanol–water partition coefficient (Wildman–Crippen LogP) is 3.34. The summed E-state index contributed by atoms with van der Waals surface area (Å²) < 4.78 is 0. The molecule has 2 rings (SSSR count). The topological polar surface area (TPSA) is 58.2 Å². The van der Waals surface area contributed by atoms with E-state index >= 15 is 0 Å². The zero-order valence-corrected chi connectivity index (χ0v) is 12.8. The van der Waals surface area contributed by atoms with Gasteiger partial charge in [-0.05, 0) is 50.8 Å². The zero-order valence-electron chi connectivity index (χ0n) is 12.8. The first-order valence-corrected chi connectivity index (χ1v) is 7.75. The molecule has 0 unspecified atom stereocenters. The Morgan fingerprint density at radius 1 is 1.24 bits per heavy atom. The third-order valence-electron chi connectivity index (χ3n) is 3.78. The SMILES string of the molecule is CC(C)NC(=O)c1cccc(NC(=O)CC2CCCC2)c1. The Labute approximate surface area is 126 Å². The van der Waals surface area contributed by atoms with E-state index in [-0.39, 0.29) is 17.9 Å². The maximum absolute atomic E-state index is 12.0. The summed E-state index contributed by atoms with van der Waals surface area (Å²) in [5.41, 5.74) is 1.26. The van der Waals surface area contributed by atoms with Crippen LogP contribution in [0.1, 0.15) is 56.3 Å². The summed E-state index contributed by atoms with van der Waals surface area (Å²) in [7, 11) is 0. The van der Waals surface area contributed by atoms with Crippen LogP contribution in [0, 0.1) is 5.92 Å². The van der Waals surface area contributed by atoms with Gasteiger partial charge in [-0.2, -0.15) is 0 Å². The molecule has 1 aliphatic rings. The maximum Gasteiger partial charge on any atom is 0.251 e. The summed E-state index contributed by atoms with van der Waals surface area (Å²) in [6, 6.07) is 7.19. The number of benzene rings is 1. The molecule has 21 heavy (non-hydrogen) atoms. The van der Waals surface area contributed by atoms with Gasteiger partial charge in [0.15, 0.2) is 0 Å². The van der Waals surface area contributed by atoms with E-state index in [1.807, 2.05) is 19.9 Å². The molecule has 4 heteroatoms. The van der Waals surface area contributed by atoms with E-state index in [0.29, 0.717) is 23.6 Å². The third-order valence-corrected chi connectivity index (χ3v) is 3.78. The molecular weight excluding hydrogens is 264 g/mol. The van der Waals surface area contributed by atoms with Crippen LogP contribution in [-0.2, 0) is 4.79 Å². The number of carbonyl (C=O) groups is 2. The van der Waals surface area contributed by atoms with Crippen LogP contribution in [0.15, 0.2) is 24.3 Å². The minimum absolute atomic E-state index is 0.0447. The van der Waals surface area contributed by atoms with Gasteiger partial charge in [-0.25, -0.2) is 0 Å². The van der Waals surface area contributed by atoms with Crippen molar-refractivity contribution in [2.75, 3.05) is 5.32 Å². The molecule has 0 radical (unpaired) electrons. The number of hydrogen-bond donors (Lipinski definition) is 2. The first-order chi connectivity index (χ1) is 10.0. The van der Waals surface area contributed by atoms with E-state index in [1.165, 1.54) is 12.8 Å². The second kappa shape index (κ2) is 7.25. The Bertz CT molecular complexity index is 505. The highest BCUT2D eigenvalue weighted by atomic mass is 16.2. The molecule has 0 bridgehead atoms. The van der Waals surface area contributed by atoms with Gasteiger partial charge in [0.25, 0.3) is 5.91 Å². The minimum atomic E-state index is -0.114. The van der Waals surface area contributed by atoms with Crippen LogP contribution in [0.5, 0.6) is 0 Å². The molecule has 1 aromatic carbocycles. The summed E-state index contributed by atoms with van der Waals surface area (Å²) in [6.07, 6.45) is 5.38. The fourth-order valence-electron chi connectivity index (χ4n) is 2.77. The van der Waals surface area contributed by atoms with Crippen LogP contribution in [0.2, 0.25) is 0 Å². The Balaban J connectivity index is 1.93. The van der Waals surface area contributed by atoms with Crippen molar-refractivity contribution in [1.82, 2.24) is 5.32 Å². The number of amides is 2. The highest BCUT2D eigenvalue weighted by Crippen LogP contribution is 2.27. The van der Waals surface area contributed by atoms with Crippen LogP contribution >= 0.6 is 0 Å². The average Bonchev–Trinajstić information content (AvgIpc) is 2.91. The van der Waals surface area contributed by atoms with Gasteiger partial charge in [-0.3, -0.25) is 9.59 Å². The predicted molar refractivity (Wildman–Crippen MR) is 84.2 cm³/mol. The van der Waals surface area contributed by atoms with Crippen LogP contribution < -0.4 is 10.6 Å². The van der Waals surface area contributed by atoms with Crippen LogP contribution in [0.25, 0.3) is 0 Å². The summed E-state index contributed by atoms with van der Waals surface area (Å²) >= 11 is 0. The molecule has 0 atom stereocenters. The number of nitrogens with one attached hydrogen (secondary N) is 2. The number of anilines is 1. The maximum atomic E-state index is 12.0. The van der Waals surface area contributed by atoms with Gasteiger partial charge < -0.3 is 10.6 Å². The number of hydrogen-bond acceptors (Lipinski definition) is 2. The van der Waals surface area contributed by atoms with Crippen molar-refractivity contribution in [3.05, 3.63) is 29.8 Å². The van der Waals surface area contributed by atoms with E-state index in [4.69, 9.17) is 0 Å². The molecule has 1 aromatic rings. The summed E-state index contributed by atoms with van der Waals surface area (Å²) in [5, 5.41) is 5.75. The average molecular weight is 288 g/mol. The molecule has 1 fully saturated rings. The standard InChI is InChI=1S/C17H24N2O2/c1-12(2)18-17(21)14-8-5-9-15(11-14)19-16(20)10-13-6-3-4-7-13/h5,8-9,11-13H,3-4,6-7,10H2,1-2H3,(H,18,21)(H,19,20). The Kier molecular flexibility index (Phi) is 5.37. The Morgan fingerprint density at radius 2 is 1.95 bits per heavy atom. The molecule has 0 aromatic heterocycles. The molecule has 1 aliphatic carbocycles. The van der Waals surface area contributed by atoms with Crippen LogP contribution in [0.4, 0.5) is 5.69 Å². The highest BCUT2D eigenvalue weighted by Gasteiger charge is 2.18. The van der Waals surface area contributed by atoms with E-state index in [9.17, 15) is 9.59 Å². The normalized spacial score (nSPS) is 15.2. The van der Waals surface area contributed by atoms with Gasteiger partial charge in [0.2, 0.25) is 5.91 Å². The lowest BCUT2D eigenvalue weighted by atomic mass is 10.0. The Morgan fingerprint density at radius 3 is 2.62 bits per heavy atom. The summed E-state index contributed by atoms with van der Waals surface area (Å²) in [6.45, 7) is 3.84. The summed E-state index contributed by atoms with van der Waals surface area (Å²) in [4.78, 5) is 24.0. The quantitative estimate of drug-likeness (QED) is 0.873. The molecule has 0 saturated heterocycles. The molecule has 0 aliphatic heterocycles. The lowest BCUT2D eigenvalue weighted by Gasteiger charge is -2.11. The first-order valence-electron chi connectivity index (χ1n) is 7.75. The smallest absolute Gasteiger partial charge is 0.251 e. The summed E-state index contributed by atoms with van der Waals surface area (Å²) in [5.74, 6) is 0.456. The number of carbonyl (C=O) groups excluding carboxylic acids is 2. The largest absolute Gasteiger partial charge is 0.350 e. The lowest BCUT2D eigenvalue weighted by molar-refractivity contribution is -0.117. The molecule has 1 saturated carbocycles. The second-order valence-corrected chi connectivity index (χ2v) is 6.11. The monoisotopic (exact) mass is 288 g/mol. The van der Waals surface area contributed by atoms with E-state index in [0.717, 1.165) is 12.8 Å². The van der Waals surface area contributed by atoms with Crippen molar-refractivity contribution < 1.29 is 9.59 Å². The molecule has 2 amide bonds. The van der Waals surface area contributed by atoms with Crippen LogP contribution in [0.3, 0.4) is 0 Å². The molecule has 0 spiro atoms. The lowest BCUT2D eigenvalue weighted by Crippen LogP contribution is -2.30. The van der Waals surface area contributed by atoms with Gasteiger partial charge >= 0.3 is 0 Å². The van der Waals surface area contributed by atoms with Crippen LogP contribution in [-0.4, -0.2) is 17.9 Å². The fourth-order valence-corrected chi connectivity index (χ4v) is 2.77. The van der Waals surface area contributed by atoms with Gasteiger partial charge in [0.05, 0.1) is 0 Å². The first kappa shape index (κ1) is 15.5. The molecule has 114 valence electrons. The van der Waals surface area contributed by atoms with E-state index in [2.05, 4.69) is 10.6 Å². The molecule has 4 nitrogen and oxygen atoms in total. The second-order valence-electron chi connectivity index (χ2n) is 6.11. The van der Waals surface area contributed by atoms with Gasteiger partial charge in [0, 0.05) is 23.7 Å². The molecule has 2 N–H and O–H groups in total. The molecular formula is C17H24N2O2. The minimum Gasteiger partial charge on any atom is -0.350 e. The van der Waals surface area contributed by atoms with Crippen molar-refractivity contribution in [3.63, 3.8) is 0 Å².